The number of anilines is 1. The van der Waals surface area contributed by atoms with Crippen molar-refractivity contribution in [2.75, 3.05) is 18.1 Å². The van der Waals surface area contributed by atoms with Crippen LogP contribution < -0.4 is 14.4 Å². The molecule has 1 aliphatic heterocycles. The second-order valence-corrected chi connectivity index (χ2v) is 6.98. The van der Waals surface area contributed by atoms with Crippen molar-refractivity contribution in [3.8, 4) is 11.5 Å². The third-order valence-electron chi connectivity index (χ3n) is 3.56. The van der Waals surface area contributed by atoms with Gasteiger partial charge in [0.1, 0.15) is 0 Å². The molecular formula is C19H18N2O3S2. The van der Waals surface area contributed by atoms with Crippen LogP contribution in [0.5, 0.6) is 11.5 Å². The van der Waals surface area contributed by atoms with Crippen molar-refractivity contribution in [2.24, 2.45) is 0 Å². The number of rotatable bonds is 6. The maximum Gasteiger partial charge on any atom is 0.270 e. The topological polar surface area (TPSA) is 51.7 Å². The standard InChI is InChI=1S/C19H18N2O3S2/c1-3-23-15-8-7-13(10-16(15)24-4-2)11-17-18(22)21(19(25)26-17)14-6-5-9-20-12-14/h5-12H,3-4H2,1-2H3/b17-11-. The first-order valence-electron chi connectivity index (χ1n) is 8.21. The smallest absolute Gasteiger partial charge is 0.270 e. The fourth-order valence-corrected chi connectivity index (χ4v) is 3.78. The van der Waals surface area contributed by atoms with E-state index < -0.39 is 0 Å². The molecule has 1 aliphatic rings. The summed E-state index contributed by atoms with van der Waals surface area (Å²) in [6, 6.07) is 9.20. The predicted octanol–water partition coefficient (Wildman–Crippen LogP) is 4.28. The molecule has 3 rings (SSSR count). The van der Waals surface area contributed by atoms with Gasteiger partial charge in [-0.2, -0.15) is 0 Å². The first kappa shape index (κ1) is 18.4. The Balaban J connectivity index is 1.89. The van der Waals surface area contributed by atoms with Crippen molar-refractivity contribution in [1.82, 2.24) is 4.98 Å². The van der Waals surface area contributed by atoms with Crippen LogP contribution in [0.15, 0.2) is 47.6 Å². The van der Waals surface area contributed by atoms with Gasteiger partial charge in [-0.25, -0.2) is 0 Å². The zero-order chi connectivity index (χ0) is 18.5. The molecule has 5 nitrogen and oxygen atoms in total. The summed E-state index contributed by atoms with van der Waals surface area (Å²) in [6.45, 7) is 4.94. The number of nitrogens with zero attached hydrogens (tertiary/aromatic N) is 2. The third-order valence-corrected chi connectivity index (χ3v) is 4.87. The minimum Gasteiger partial charge on any atom is -0.490 e. The van der Waals surface area contributed by atoms with E-state index in [1.807, 2.05) is 44.2 Å². The predicted molar refractivity (Wildman–Crippen MR) is 109 cm³/mol. The molecule has 26 heavy (non-hydrogen) atoms. The first-order valence-corrected chi connectivity index (χ1v) is 9.44. The van der Waals surface area contributed by atoms with Gasteiger partial charge in [-0.3, -0.25) is 14.7 Å². The molecule has 0 N–H and O–H groups in total. The van der Waals surface area contributed by atoms with Gasteiger partial charge in [-0.15, -0.1) is 0 Å². The molecule has 0 atom stereocenters. The molecule has 7 heteroatoms. The van der Waals surface area contributed by atoms with Crippen LogP contribution in [-0.4, -0.2) is 28.4 Å². The van der Waals surface area contributed by atoms with Gasteiger partial charge >= 0.3 is 0 Å². The van der Waals surface area contributed by atoms with Crippen LogP contribution in [0.3, 0.4) is 0 Å². The average molecular weight is 386 g/mol. The third kappa shape index (κ3) is 3.89. The van der Waals surface area contributed by atoms with Crippen LogP contribution >= 0.6 is 24.0 Å². The van der Waals surface area contributed by atoms with Gasteiger partial charge in [0.05, 0.1) is 30.0 Å². The molecule has 1 fully saturated rings. The van der Waals surface area contributed by atoms with Crippen molar-refractivity contribution in [1.29, 1.82) is 0 Å². The molecule has 0 unspecified atom stereocenters. The lowest BCUT2D eigenvalue weighted by molar-refractivity contribution is -0.113. The molecule has 1 amide bonds. The molecule has 2 heterocycles. The van der Waals surface area contributed by atoms with Crippen LogP contribution in [0, 0.1) is 0 Å². The number of carbonyl (C=O) groups excluding carboxylic acids is 1. The maximum atomic E-state index is 12.8. The normalized spacial score (nSPS) is 15.6. The Labute approximate surface area is 162 Å². The van der Waals surface area contributed by atoms with E-state index in [0.717, 1.165) is 5.56 Å². The fraction of sp³-hybridized carbons (Fsp3) is 0.211. The van der Waals surface area contributed by atoms with E-state index in [1.54, 1.807) is 18.5 Å². The monoisotopic (exact) mass is 386 g/mol. The Morgan fingerprint density at radius 3 is 2.65 bits per heavy atom. The average Bonchev–Trinajstić information content (AvgIpc) is 2.92. The lowest BCUT2D eigenvalue weighted by Gasteiger charge is -2.13. The van der Waals surface area contributed by atoms with E-state index in [4.69, 9.17) is 21.7 Å². The summed E-state index contributed by atoms with van der Waals surface area (Å²) in [5, 5.41) is 0. The molecular weight excluding hydrogens is 368 g/mol. The number of aromatic nitrogens is 1. The van der Waals surface area contributed by atoms with E-state index in [-0.39, 0.29) is 5.91 Å². The number of ether oxygens (including phenoxy) is 2. The zero-order valence-corrected chi connectivity index (χ0v) is 16.1. The summed E-state index contributed by atoms with van der Waals surface area (Å²) in [5.41, 5.74) is 1.52. The number of thiocarbonyl (C=S) groups is 1. The Kier molecular flexibility index (Phi) is 5.90. The fourth-order valence-electron chi connectivity index (χ4n) is 2.49. The highest BCUT2D eigenvalue weighted by Gasteiger charge is 2.33. The van der Waals surface area contributed by atoms with Crippen LogP contribution in [-0.2, 0) is 4.79 Å². The summed E-state index contributed by atoms with van der Waals surface area (Å²) >= 11 is 6.64. The van der Waals surface area contributed by atoms with Crippen molar-refractivity contribution in [2.45, 2.75) is 13.8 Å². The lowest BCUT2D eigenvalue weighted by atomic mass is 10.2. The van der Waals surface area contributed by atoms with Crippen LogP contribution in [0.2, 0.25) is 0 Å². The van der Waals surface area contributed by atoms with E-state index >= 15 is 0 Å². The molecule has 0 bridgehead atoms. The largest absolute Gasteiger partial charge is 0.490 e. The molecule has 134 valence electrons. The molecule has 1 aromatic heterocycles. The number of pyridine rings is 1. The Hall–Kier alpha value is -2.38. The SMILES string of the molecule is CCOc1ccc(/C=C2\SC(=S)N(c3cccnc3)C2=O)cc1OCC. The highest BCUT2D eigenvalue weighted by atomic mass is 32.2. The number of hydrogen-bond acceptors (Lipinski definition) is 6. The summed E-state index contributed by atoms with van der Waals surface area (Å²) in [6.07, 6.45) is 5.10. The molecule has 1 aromatic carbocycles. The first-order chi connectivity index (χ1) is 12.6. The van der Waals surface area contributed by atoms with Crippen LogP contribution in [0.1, 0.15) is 19.4 Å². The van der Waals surface area contributed by atoms with E-state index in [2.05, 4.69) is 4.98 Å². The van der Waals surface area contributed by atoms with Gasteiger partial charge in [0.2, 0.25) is 0 Å². The Morgan fingerprint density at radius 2 is 1.96 bits per heavy atom. The van der Waals surface area contributed by atoms with E-state index in [9.17, 15) is 4.79 Å². The summed E-state index contributed by atoms with van der Waals surface area (Å²) in [7, 11) is 0. The highest BCUT2D eigenvalue weighted by Crippen LogP contribution is 2.37. The Bertz CT molecular complexity index is 853. The summed E-state index contributed by atoms with van der Waals surface area (Å²) < 4.78 is 11.7. The molecule has 2 aromatic rings. The lowest BCUT2D eigenvalue weighted by Crippen LogP contribution is -2.27. The van der Waals surface area contributed by atoms with E-state index in [0.29, 0.717) is 39.6 Å². The molecule has 0 saturated carbocycles. The van der Waals surface area contributed by atoms with Crippen molar-refractivity contribution in [3.05, 3.63) is 53.2 Å². The Morgan fingerprint density at radius 1 is 1.19 bits per heavy atom. The van der Waals surface area contributed by atoms with Gasteiger partial charge in [0.15, 0.2) is 15.8 Å². The van der Waals surface area contributed by atoms with Gasteiger partial charge < -0.3 is 9.47 Å². The molecule has 0 aliphatic carbocycles. The minimum atomic E-state index is -0.153. The number of amides is 1. The van der Waals surface area contributed by atoms with Crippen LogP contribution in [0.4, 0.5) is 5.69 Å². The van der Waals surface area contributed by atoms with Crippen molar-refractivity contribution in [3.63, 3.8) is 0 Å². The maximum absolute atomic E-state index is 12.8. The van der Waals surface area contributed by atoms with Crippen molar-refractivity contribution >= 4 is 46.0 Å². The molecule has 1 saturated heterocycles. The number of benzene rings is 1. The summed E-state index contributed by atoms with van der Waals surface area (Å²) in [4.78, 5) is 18.9. The highest BCUT2D eigenvalue weighted by molar-refractivity contribution is 8.27. The van der Waals surface area contributed by atoms with Gasteiger partial charge in [-0.1, -0.05) is 30.0 Å². The van der Waals surface area contributed by atoms with Gasteiger partial charge in [0.25, 0.3) is 5.91 Å². The number of carbonyl (C=O) groups is 1. The number of hydrogen-bond donors (Lipinski definition) is 0. The van der Waals surface area contributed by atoms with Gasteiger partial charge in [-0.05, 0) is 49.8 Å². The molecule has 0 radical (unpaired) electrons. The quantitative estimate of drug-likeness (QED) is 0.545. The minimum absolute atomic E-state index is 0.153. The van der Waals surface area contributed by atoms with Crippen LogP contribution in [0.25, 0.3) is 6.08 Å². The van der Waals surface area contributed by atoms with Crippen molar-refractivity contribution < 1.29 is 14.3 Å². The zero-order valence-electron chi connectivity index (χ0n) is 14.5. The summed E-state index contributed by atoms with van der Waals surface area (Å²) in [5.74, 6) is 1.19. The van der Waals surface area contributed by atoms with Gasteiger partial charge in [0, 0.05) is 6.20 Å². The number of thioether (sulfide) groups is 1. The molecule has 0 spiro atoms. The second kappa shape index (κ2) is 8.33. The van der Waals surface area contributed by atoms with E-state index in [1.165, 1.54) is 16.7 Å². The second-order valence-electron chi connectivity index (χ2n) is 5.30.